The molecule has 1 heterocycles. The van der Waals surface area contributed by atoms with Crippen molar-refractivity contribution >= 4 is 0 Å². The first kappa shape index (κ1) is 9.22. The average Bonchev–Trinajstić information content (AvgIpc) is 2.78. The van der Waals surface area contributed by atoms with Crippen molar-refractivity contribution in [2.75, 3.05) is 6.54 Å². The fraction of sp³-hybridized carbons (Fsp3) is 0.818. The van der Waals surface area contributed by atoms with E-state index in [9.17, 15) is 5.11 Å². The molecule has 0 aromatic rings. The van der Waals surface area contributed by atoms with Crippen LogP contribution >= 0.6 is 0 Å². The van der Waals surface area contributed by atoms with Gasteiger partial charge in [-0.05, 0) is 51.1 Å². The summed E-state index contributed by atoms with van der Waals surface area (Å²) in [6.07, 6.45) is 8.00. The van der Waals surface area contributed by atoms with Gasteiger partial charge in [0.25, 0.3) is 0 Å². The van der Waals surface area contributed by atoms with Crippen molar-refractivity contribution in [2.24, 2.45) is 0 Å². The maximum Gasteiger partial charge on any atom is 0.0981 e. The van der Waals surface area contributed by atoms with Gasteiger partial charge >= 0.3 is 0 Å². The minimum absolute atomic E-state index is 0.289. The Hall–Kier alpha value is -0.340. The monoisotopic (exact) mass is 181 g/mol. The predicted octanol–water partition coefficient (Wildman–Crippen LogP) is 1.60. The molecule has 1 unspecified atom stereocenters. The summed E-state index contributed by atoms with van der Waals surface area (Å²) in [5.41, 5.74) is 0.666. The maximum absolute atomic E-state index is 10.4. The molecule has 1 aliphatic carbocycles. The largest absolute Gasteiger partial charge is 0.384 e. The molecule has 2 heteroatoms. The first-order chi connectivity index (χ1) is 6.21. The number of rotatable bonds is 2. The number of allylic oxidation sites excluding steroid dienone is 1. The van der Waals surface area contributed by atoms with E-state index in [0.29, 0.717) is 0 Å². The Morgan fingerprint density at radius 1 is 1.54 bits per heavy atom. The van der Waals surface area contributed by atoms with Crippen molar-refractivity contribution < 1.29 is 5.11 Å². The van der Waals surface area contributed by atoms with Gasteiger partial charge in [0.15, 0.2) is 0 Å². The Labute approximate surface area is 80.0 Å². The lowest BCUT2D eigenvalue weighted by Crippen LogP contribution is -2.46. The summed E-state index contributed by atoms with van der Waals surface area (Å²) in [7, 11) is 0. The second-order valence-corrected chi connectivity index (χ2v) is 4.42. The lowest BCUT2D eigenvalue weighted by Gasteiger charge is -2.31. The van der Waals surface area contributed by atoms with E-state index in [1.54, 1.807) is 0 Å². The number of aliphatic hydroxyl groups is 1. The van der Waals surface area contributed by atoms with Gasteiger partial charge in [-0.1, -0.05) is 6.08 Å². The molecule has 74 valence electrons. The average molecular weight is 181 g/mol. The first-order valence-electron chi connectivity index (χ1n) is 5.36. The van der Waals surface area contributed by atoms with Crippen LogP contribution in [-0.2, 0) is 0 Å². The summed E-state index contributed by atoms with van der Waals surface area (Å²) >= 11 is 0. The van der Waals surface area contributed by atoms with Gasteiger partial charge in [-0.2, -0.15) is 0 Å². The quantitative estimate of drug-likeness (QED) is 0.634. The standard InChI is InChI=1S/C11H19NO/c1-11(13,9-5-2-3-6-9)10-7-4-8-12-10/h5,10,12-13H,2-4,6-8H2,1H3/t10-,11?/m0/s1. The normalized spacial score (nSPS) is 33.1. The second-order valence-electron chi connectivity index (χ2n) is 4.42. The van der Waals surface area contributed by atoms with Gasteiger partial charge in [0.05, 0.1) is 5.60 Å². The minimum atomic E-state index is -0.590. The Morgan fingerprint density at radius 2 is 2.38 bits per heavy atom. The SMILES string of the molecule is CC(O)(C1=CCCC1)[C@@H]1CCCN1. The number of nitrogens with one attached hydrogen (secondary N) is 1. The summed E-state index contributed by atoms with van der Waals surface area (Å²) in [6, 6.07) is 0.289. The number of hydrogen-bond donors (Lipinski definition) is 2. The molecular weight excluding hydrogens is 162 g/mol. The van der Waals surface area contributed by atoms with Gasteiger partial charge in [-0.15, -0.1) is 0 Å². The molecule has 0 radical (unpaired) electrons. The molecule has 2 atom stereocenters. The van der Waals surface area contributed by atoms with Crippen LogP contribution < -0.4 is 5.32 Å². The molecule has 0 bridgehead atoms. The third-order valence-corrected chi connectivity index (χ3v) is 3.43. The lowest BCUT2D eigenvalue weighted by molar-refractivity contribution is 0.0600. The fourth-order valence-corrected chi connectivity index (χ4v) is 2.52. The van der Waals surface area contributed by atoms with Crippen LogP contribution in [0.5, 0.6) is 0 Å². The smallest absolute Gasteiger partial charge is 0.0981 e. The van der Waals surface area contributed by atoms with Crippen LogP contribution in [0.4, 0.5) is 0 Å². The lowest BCUT2D eigenvalue weighted by atomic mass is 9.86. The van der Waals surface area contributed by atoms with Crippen LogP contribution in [0.25, 0.3) is 0 Å². The van der Waals surface area contributed by atoms with E-state index in [1.807, 2.05) is 6.92 Å². The summed E-state index contributed by atoms with van der Waals surface area (Å²) in [6.45, 7) is 3.03. The van der Waals surface area contributed by atoms with E-state index in [4.69, 9.17) is 0 Å². The van der Waals surface area contributed by atoms with Gasteiger partial charge in [-0.25, -0.2) is 0 Å². The van der Waals surface area contributed by atoms with E-state index >= 15 is 0 Å². The van der Waals surface area contributed by atoms with Crippen molar-refractivity contribution in [1.29, 1.82) is 0 Å². The van der Waals surface area contributed by atoms with Crippen LogP contribution in [0, 0.1) is 0 Å². The van der Waals surface area contributed by atoms with Gasteiger partial charge in [0.2, 0.25) is 0 Å². The second kappa shape index (κ2) is 3.43. The van der Waals surface area contributed by atoms with Crippen LogP contribution in [0.1, 0.15) is 39.0 Å². The van der Waals surface area contributed by atoms with E-state index < -0.39 is 5.60 Å². The van der Waals surface area contributed by atoms with Crippen molar-refractivity contribution in [1.82, 2.24) is 5.32 Å². The van der Waals surface area contributed by atoms with Crippen LogP contribution in [0.2, 0.25) is 0 Å². The summed E-state index contributed by atoms with van der Waals surface area (Å²) in [4.78, 5) is 0. The Kier molecular flexibility index (Phi) is 2.43. The van der Waals surface area contributed by atoms with Gasteiger partial charge < -0.3 is 10.4 Å². The van der Waals surface area contributed by atoms with Gasteiger partial charge in [-0.3, -0.25) is 0 Å². The van der Waals surface area contributed by atoms with Gasteiger partial charge in [0, 0.05) is 6.04 Å². The highest BCUT2D eigenvalue weighted by Gasteiger charge is 2.37. The van der Waals surface area contributed by atoms with Crippen molar-refractivity contribution in [3.63, 3.8) is 0 Å². The molecule has 2 aliphatic rings. The molecule has 2 nitrogen and oxygen atoms in total. The fourth-order valence-electron chi connectivity index (χ4n) is 2.52. The maximum atomic E-state index is 10.4. The molecule has 0 aromatic carbocycles. The molecule has 1 saturated heterocycles. The van der Waals surface area contributed by atoms with Crippen molar-refractivity contribution in [3.8, 4) is 0 Å². The van der Waals surface area contributed by atoms with Crippen LogP contribution in [0.15, 0.2) is 11.6 Å². The minimum Gasteiger partial charge on any atom is -0.384 e. The molecular formula is C11H19NO. The topological polar surface area (TPSA) is 32.3 Å². The molecule has 2 N–H and O–H groups in total. The number of hydrogen-bond acceptors (Lipinski definition) is 2. The predicted molar refractivity (Wildman–Crippen MR) is 53.6 cm³/mol. The molecule has 0 spiro atoms. The van der Waals surface area contributed by atoms with Crippen LogP contribution in [0.3, 0.4) is 0 Å². The molecule has 1 aliphatic heterocycles. The van der Waals surface area contributed by atoms with Crippen molar-refractivity contribution in [3.05, 3.63) is 11.6 Å². The molecule has 13 heavy (non-hydrogen) atoms. The zero-order valence-electron chi connectivity index (χ0n) is 8.34. The highest BCUT2D eigenvalue weighted by Crippen LogP contribution is 2.33. The van der Waals surface area contributed by atoms with Crippen molar-refractivity contribution in [2.45, 2.75) is 50.7 Å². The zero-order valence-corrected chi connectivity index (χ0v) is 8.34. The van der Waals surface area contributed by atoms with E-state index in [2.05, 4.69) is 11.4 Å². The third kappa shape index (κ3) is 1.65. The summed E-state index contributed by atoms with van der Waals surface area (Å²) in [5, 5.41) is 13.8. The summed E-state index contributed by atoms with van der Waals surface area (Å²) in [5.74, 6) is 0. The third-order valence-electron chi connectivity index (χ3n) is 3.43. The summed E-state index contributed by atoms with van der Waals surface area (Å²) < 4.78 is 0. The molecule has 0 aromatic heterocycles. The molecule has 0 amide bonds. The van der Waals surface area contributed by atoms with E-state index in [1.165, 1.54) is 18.4 Å². The molecule has 0 saturated carbocycles. The first-order valence-corrected chi connectivity index (χ1v) is 5.36. The molecule has 1 fully saturated rings. The Balaban J connectivity index is 2.08. The molecule has 2 rings (SSSR count). The van der Waals surface area contributed by atoms with E-state index in [-0.39, 0.29) is 6.04 Å². The van der Waals surface area contributed by atoms with Crippen LogP contribution in [-0.4, -0.2) is 23.3 Å². The van der Waals surface area contributed by atoms with E-state index in [0.717, 1.165) is 25.8 Å². The Morgan fingerprint density at radius 3 is 2.92 bits per heavy atom. The zero-order chi connectivity index (χ0) is 9.31. The highest BCUT2D eigenvalue weighted by atomic mass is 16.3. The highest BCUT2D eigenvalue weighted by molar-refractivity contribution is 5.22. The van der Waals surface area contributed by atoms with Gasteiger partial charge in [0.1, 0.15) is 0 Å². The Bertz CT molecular complexity index is 214.